The minimum absolute atomic E-state index is 0.0452. The third kappa shape index (κ3) is 19.3. The SMILES string of the molecule is CC[C@H](C)[C@H](NC(=O)[C@@H]1CCCN1C(=O)[C@H](CO)NC(=O)[C@@H](NC(=O)[C@@H]1CCCN1C[C@@H](Cc1ccccc1)NC(=O)[C@H](CC(N)=O)NC(=O)[C@H](CC(C)C)NC(=O)[C@@H](NC(=O)[C@@H](N)CS)[C@@H](C)O)[C@@H](C)CC)C(=O)O. The molecule has 2 aliphatic heterocycles. The number of nitrogens with one attached hydrogen (secondary N) is 7. The van der Waals surface area contributed by atoms with E-state index in [0.29, 0.717) is 38.6 Å². The number of hydrogen-bond acceptors (Lipinski definition) is 15. The first kappa shape index (κ1) is 64.4. The number of carboxylic acids is 1. The van der Waals surface area contributed by atoms with Gasteiger partial charge in [0.2, 0.25) is 53.2 Å². The van der Waals surface area contributed by atoms with Crippen molar-refractivity contribution >= 4 is 71.8 Å². The molecule has 2 aliphatic rings. The van der Waals surface area contributed by atoms with Crippen molar-refractivity contribution in [2.75, 3.05) is 32.0 Å². The summed E-state index contributed by atoms with van der Waals surface area (Å²) in [6.45, 7) is 11.6. The monoisotopic (exact) mass is 1090 g/mol. The summed E-state index contributed by atoms with van der Waals surface area (Å²) < 4.78 is 0. The highest BCUT2D eigenvalue weighted by atomic mass is 32.1. The van der Waals surface area contributed by atoms with Crippen molar-refractivity contribution in [2.24, 2.45) is 29.2 Å². The highest BCUT2D eigenvalue weighted by Gasteiger charge is 2.42. The van der Waals surface area contributed by atoms with Crippen LogP contribution >= 0.6 is 12.6 Å². The predicted molar refractivity (Wildman–Crippen MR) is 283 cm³/mol. The van der Waals surface area contributed by atoms with Crippen LogP contribution in [-0.2, 0) is 54.4 Å². The average molecular weight is 1090 g/mol. The van der Waals surface area contributed by atoms with Crippen molar-refractivity contribution in [3.05, 3.63) is 35.9 Å². The summed E-state index contributed by atoms with van der Waals surface area (Å²) in [5, 5.41) is 49.0. The second kappa shape index (κ2) is 31.4. The molecular weight excluding hydrogens is 1010 g/mol. The lowest BCUT2D eigenvalue weighted by Gasteiger charge is -2.33. The Balaban J connectivity index is 1.83. The van der Waals surface area contributed by atoms with Crippen molar-refractivity contribution < 1.29 is 63.3 Å². The smallest absolute Gasteiger partial charge is 0.326 e. The lowest BCUT2D eigenvalue weighted by atomic mass is 9.97. The molecule has 24 nitrogen and oxygen atoms in total. The van der Waals surface area contributed by atoms with E-state index in [1.54, 1.807) is 34.6 Å². The molecule has 0 aliphatic carbocycles. The number of aliphatic hydroxyl groups is 2. The Kier molecular flexibility index (Phi) is 26.6. The van der Waals surface area contributed by atoms with Crippen LogP contribution in [0.1, 0.15) is 105 Å². The summed E-state index contributed by atoms with van der Waals surface area (Å²) in [6.07, 6.45) is 0.723. The number of amides is 9. The van der Waals surface area contributed by atoms with Gasteiger partial charge in [0.15, 0.2) is 0 Å². The van der Waals surface area contributed by atoms with Crippen LogP contribution in [0.2, 0.25) is 0 Å². The molecule has 1 aromatic rings. The molecule has 2 fully saturated rings. The minimum atomic E-state index is -1.54. The lowest BCUT2D eigenvalue weighted by molar-refractivity contribution is -0.146. The first-order chi connectivity index (χ1) is 35.9. The molecule has 2 heterocycles. The van der Waals surface area contributed by atoms with Gasteiger partial charge in [0.25, 0.3) is 0 Å². The number of carboxylic acid groups (broad SMARTS) is 1. The van der Waals surface area contributed by atoms with Gasteiger partial charge in [-0.25, -0.2) is 4.79 Å². The van der Waals surface area contributed by atoms with Crippen LogP contribution in [0.4, 0.5) is 0 Å². The number of nitrogens with two attached hydrogens (primary N) is 2. The lowest BCUT2D eigenvalue weighted by Crippen LogP contribution is -2.61. The van der Waals surface area contributed by atoms with Gasteiger partial charge < -0.3 is 68.9 Å². The summed E-state index contributed by atoms with van der Waals surface area (Å²) in [7, 11) is 0. The van der Waals surface area contributed by atoms with Gasteiger partial charge >= 0.3 is 5.97 Å². The fraction of sp³-hybridized carbons (Fsp3) is 0.686. The Hall–Kier alpha value is -5.89. The fourth-order valence-electron chi connectivity index (χ4n) is 9.22. The topological polar surface area (TPSA) is 374 Å². The van der Waals surface area contributed by atoms with E-state index in [2.05, 4.69) is 49.8 Å². The van der Waals surface area contributed by atoms with Crippen molar-refractivity contribution in [3.8, 4) is 0 Å². The van der Waals surface area contributed by atoms with Gasteiger partial charge in [-0.1, -0.05) is 84.7 Å². The highest BCUT2D eigenvalue weighted by Crippen LogP contribution is 2.22. The molecule has 0 spiro atoms. The van der Waals surface area contributed by atoms with Crippen molar-refractivity contribution in [3.63, 3.8) is 0 Å². The van der Waals surface area contributed by atoms with Gasteiger partial charge in [-0.3, -0.25) is 48.1 Å². The van der Waals surface area contributed by atoms with Crippen LogP contribution in [0.3, 0.4) is 0 Å². The van der Waals surface area contributed by atoms with E-state index in [1.807, 2.05) is 42.2 Å². The molecule has 76 heavy (non-hydrogen) atoms. The zero-order valence-corrected chi connectivity index (χ0v) is 45.7. The molecule has 0 radical (unpaired) electrons. The van der Waals surface area contributed by atoms with Crippen molar-refractivity contribution in [2.45, 2.75) is 173 Å². The molecule has 1 aromatic carbocycles. The van der Waals surface area contributed by atoms with E-state index in [-0.39, 0.29) is 44.0 Å². The number of carbonyl (C=O) groups is 10. The highest BCUT2D eigenvalue weighted by molar-refractivity contribution is 7.80. The van der Waals surface area contributed by atoms with E-state index in [9.17, 15) is 63.3 Å². The van der Waals surface area contributed by atoms with Gasteiger partial charge in [-0.15, -0.1) is 0 Å². The molecule has 0 saturated carbocycles. The molecule has 14 N–H and O–H groups in total. The molecule has 0 bridgehead atoms. The van der Waals surface area contributed by atoms with Crippen LogP contribution in [0.25, 0.3) is 0 Å². The largest absolute Gasteiger partial charge is 0.480 e. The van der Waals surface area contributed by atoms with Gasteiger partial charge in [0.05, 0.1) is 31.2 Å². The second-order valence-electron chi connectivity index (χ2n) is 20.5. The van der Waals surface area contributed by atoms with E-state index in [4.69, 9.17) is 11.5 Å². The number of likely N-dealkylation sites (tertiary alicyclic amines) is 2. The van der Waals surface area contributed by atoms with Crippen LogP contribution in [-0.4, -0.2) is 183 Å². The fourth-order valence-corrected chi connectivity index (χ4v) is 9.38. The number of primary amides is 1. The van der Waals surface area contributed by atoms with E-state index in [1.165, 1.54) is 11.8 Å². The van der Waals surface area contributed by atoms with Gasteiger partial charge in [0, 0.05) is 24.9 Å². The first-order valence-electron chi connectivity index (χ1n) is 26.2. The average Bonchev–Trinajstić information content (AvgIpc) is 4.07. The summed E-state index contributed by atoms with van der Waals surface area (Å²) in [5.41, 5.74) is 12.1. The Morgan fingerprint density at radius 2 is 1.22 bits per heavy atom. The van der Waals surface area contributed by atoms with Crippen LogP contribution in [0.5, 0.6) is 0 Å². The maximum absolute atomic E-state index is 14.3. The standard InChI is InChI=1S/C51H83N11O13S/c1-8-28(5)40(48(71)57-36(25-63)50(73)62-20-14-18-38(62)47(70)59-41(51(74)75)29(6)9-2)58-46(69)37-17-13-19-61(37)24-32(22-31-15-11-10-12-16-31)54-44(67)35(23-39(53)65)55-45(68)34(21-27(3)4)56-49(72)42(30(7)64)60-43(66)33(52)26-76/h10-12,15-16,27-30,32-38,40-42,63-64,76H,8-9,13-14,17-26,52H2,1-7H3,(H2,53,65)(H,54,67)(H,55,68)(H,56,72)(H,57,71)(H,58,69)(H,59,70)(H,60,66)(H,74,75)/t28-,29-,30+,32+,33-,34-,35-,36-,37-,38-,40-,41-,42-/m0/s1. The molecular formula is C51H83N11O13S. The zero-order chi connectivity index (χ0) is 57.0. The molecule has 2 saturated heterocycles. The van der Waals surface area contributed by atoms with Gasteiger partial charge in [-0.2, -0.15) is 12.6 Å². The number of nitrogens with zero attached hydrogens (tertiary/aromatic N) is 2. The van der Waals surface area contributed by atoms with E-state index in [0.717, 1.165) is 5.56 Å². The Morgan fingerprint density at radius 1 is 0.684 bits per heavy atom. The van der Waals surface area contributed by atoms with Crippen LogP contribution in [0.15, 0.2) is 30.3 Å². The zero-order valence-electron chi connectivity index (χ0n) is 44.8. The summed E-state index contributed by atoms with van der Waals surface area (Å²) >= 11 is 4.00. The summed E-state index contributed by atoms with van der Waals surface area (Å²) in [6, 6.07) is -2.78. The number of benzene rings is 1. The van der Waals surface area contributed by atoms with Crippen LogP contribution in [0, 0.1) is 17.8 Å². The summed E-state index contributed by atoms with van der Waals surface area (Å²) in [4.78, 5) is 137. The molecule has 0 aromatic heterocycles. The molecule has 13 atom stereocenters. The molecule has 25 heteroatoms. The maximum Gasteiger partial charge on any atom is 0.326 e. The Bertz CT molecular complexity index is 2160. The number of rotatable bonds is 31. The minimum Gasteiger partial charge on any atom is -0.480 e. The molecule has 426 valence electrons. The summed E-state index contributed by atoms with van der Waals surface area (Å²) in [5.74, 6) is -9.24. The predicted octanol–water partition coefficient (Wildman–Crippen LogP) is -2.19. The molecule has 9 amide bonds. The first-order valence-corrected chi connectivity index (χ1v) is 26.9. The number of aliphatic hydroxyl groups excluding tert-OH is 2. The second-order valence-corrected chi connectivity index (χ2v) is 20.9. The van der Waals surface area contributed by atoms with Crippen molar-refractivity contribution in [1.29, 1.82) is 0 Å². The maximum atomic E-state index is 14.3. The molecule has 3 rings (SSSR count). The van der Waals surface area contributed by atoms with E-state index >= 15 is 0 Å². The third-order valence-corrected chi connectivity index (χ3v) is 14.4. The normalized spacial score (nSPS) is 20.0. The Morgan fingerprint density at radius 3 is 1.79 bits per heavy atom. The third-order valence-electron chi connectivity index (χ3n) is 14.0. The molecule has 0 unspecified atom stereocenters. The number of carbonyl (C=O) groups excluding carboxylic acids is 9. The number of thiol groups is 1. The Labute approximate surface area is 450 Å². The van der Waals surface area contributed by atoms with E-state index < -0.39 is 151 Å². The quantitative estimate of drug-likeness (QED) is 0.0351. The van der Waals surface area contributed by atoms with Gasteiger partial charge in [0.1, 0.15) is 42.3 Å². The van der Waals surface area contributed by atoms with Crippen LogP contribution < -0.4 is 48.7 Å². The number of hydrogen-bond donors (Lipinski definition) is 13. The van der Waals surface area contributed by atoms with Gasteiger partial charge in [-0.05, 0) is 75.3 Å². The number of aliphatic carboxylic acids is 1. The van der Waals surface area contributed by atoms with Crippen molar-refractivity contribution in [1.82, 2.24) is 47.0 Å².